The maximum absolute atomic E-state index is 13.1. The highest BCUT2D eigenvalue weighted by atomic mass is 19.1. The van der Waals surface area contributed by atoms with E-state index in [4.69, 9.17) is 4.74 Å². The second-order valence-electron chi connectivity index (χ2n) is 4.73. The van der Waals surface area contributed by atoms with Crippen LogP contribution in [-0.2, 0) is 11.3 Å². The zero-order chi connectivity index (χ0) is 13.7. The molecule has 1 heterocycles. The van der Waals surface area contributed by atoms with Gasteiger partial charge in [-0.3, -0.25) is 10.1 Å². The van der Waals surface area contributed by atoms with Crippen LogP contribution in [0.1, 0.15) is 18.4 Å². The Bertz CT molecular complexity index is 448. The molecule has 1 aromatic rings. The van der Waals surface area contributed by atoms with Gasteiger partial charge in [-0.15, -0.1) is 0 Å². The molecule has 104 valence electrons. The molecule has 1 N–H and O–H groups in total. The summed E-state index contributed by atoms with van der Waals surface area (Å²) in [5.74, 6) is 0.113. The Morgan fingerprint density at radius 1 is 1.53 bits per heavy atom. The molecular weight excluding hydrogens is 251 g/mol. The van der Waals surface area contributed by atoms with Crippen molar-refractivity contribution in [3.63, 3.8) is 0 Å². The van der Waals surface area contributed by atoms with Gasteiger partial charge >= 0.3 is 0 Å². The molecule has 0 radical (unpaired) electrons. The molecule has 2 rings (SSSR count). The van der Waals surface area contributed by atoms with Crippen molar-refractivity contribution in [2.75, 3.05) is 19.8 Å². The fourth-order valence-electron chi connectivity index (χ4n) is 2.21. The van der Waals surface area contributed by atoms with E-state index in [9.17, 15) is 14.5 Å². The Hall–Kier alpha value is -1.53. The Balaban J connectivity index is 1.84. The summed E-state index contributed by atoms with van der Waals surface area (Å²) >= 11 is 0. The largest absolute Gasteiger partial charge is 0.381 e. The number of hydrogen-bond donors (Lipinski definition) is 1. The third kappa shape index (κ3) is 3.97. The van der Waals surface area contributed by atoms with Crippen molar-refractivity contribution < 1.29 is 14.1 Å². The number of nitrogens with one attached hydrogen (secondary N) is 1. The topological polar surface area (TPSA) is 64.4 Å². The fourth-order valence-corrected chi connectivity index (χ4v) is 2.21. The molecule has 19 heavy (non-hydrogen) atoms. The Labute approximate surface area is 110 Å². The van der Waals surface area contributed by atoms with Crippen LogP contribution in [0.2, 0.25) is 0 Å². The first-order valence-corrected chi connectivity index (χ1v) is 6.38. The Kier molecular flexibility index (Phi) is 4.81. The fraction of sp³-hybridized carbons (Fsp3) is 0.538. The number of hydrogen-bond acceptors (Lipinski definition) is 4. The second kappa shape index (κ2) is 6.58. The van der Waals surface area contributed by atoms with Crippen LogP contribution in [0.3, 0.4) is 0 Å². The van der Waals surface area contributed by atoms with Crippen molar-refractivity contribution in [2.45, 2.75) is 19.4 Å². The van der Waals surface area contributed by atoms with Crippen molar-refractivity contribution in [3.05, 3.63) is 39.7 Å². The molecule has 1 aliphatic heterocycles. The van der Waals surface area contributed by atoms with Gasteiger partial charge in [0.1, 0.15) is 5.82 Å². The first kappa shape index (κ1) is 13.9. The zero-order valence-electron chi connectivity index (χ0n) is 10.6. The minimum Gasteiger partial charge on any atom is -0.381 e. The lowest BCUT2D eigenvalue weighted by molar-refractivity contribution is -0.385. The Morgan fingerprint density at radius 2 is 2.37 bits per heavy atom. The number of halogens is 1. The van der Waals surface area contributed by atoms with Crippen molar-refractivity contribution in [1.29, 1.82) is 0 Å². The summed E-state index contributed by atoms with van der Waals surface area (Å²) in [6.45, 7) is 2.67. The zero-order valence-corrected chi connectivity index (χ0v) is 10.6. The molecule has 0 aromatic heterocycles. The van der Waals surface area contributed by atoms with Crippen molar-refractivity contribution >= 4 is 5.69 Å². The predicted octanol–water partition coefficient (Wildman–Crippen LogP) is 2.25. The summed E-state index contributed by atoms with van der Waals surface area (Å²) in [6.07, 6.45) is 2.05. The molecule has 1 aromatic carbocycles. The molecule has 1 unspecified atom stereocenters. The monoisotopic (exact) mass is 268 g/mol. The number of ether oxygens (including phenoxy) is 1. The van der Waals surface area contributed by atoms with Crippen LogP contribution in [0.4, 0.5) is 10.1 Å². The average molecular weight is 268 g/mol. The van der Waals surface area contributed by atoms with E-state index >= 15 is 0 Å². The van der Waals surface area contributed by atoms with Gasteiger partial charge in [0.2, 0.25) is 0 Å². The Morgan fingerprint density at radius 3 is 3.05 bits per heavy atom. The summed E-state index contributed by atoms with van der Waals surface area (Å²) in [6, 6.07) is 3.53. The van der Waals surface area contributed by atoms with Crippen molar-refractivity contribution in [1.82, 2.24) is 5.32 Å². The molecule has 0 spiro atoms. The van der Waals surface area contributed by atoms with E-state index in [1.807, 2.05) is 0 Å². The van der Waals surface area contributed by atoms with Crippen LogP contribution in [0, 0.1) is 21.8 Å². The SMILES string of the molecule is O=[N+]([O-])c1ccc(F)cc1CNCCC1CCOC1. The summed E-state index contributed by atoms with van der Waals surface area (Å²) in [7, 11) is 0. The third-order valence-electron chi connectivity index (χ3n) is 3.31. The minimum absolute atomic E-state index is 0.0434. The summed E-state index contributed by atoms with van der Waals surface area (Å²) in [5.41, 5.74) is 0.339. The highest BCUT2D eigenvalue weighted by molar-refractivity contribution is 5.40. The maximum atomic E-state index is 13.1. The van der Waals surface area contributed by atoms with Gasteiger partial charge in [0.25, 0.3) is 5.69 Å². The van der Waals surface area contributed by atoms with Gasteiger partial charge in [-0.1, -0.05) is 0 Å². The molecule has 6 heteroatoms. The molecule has 0 bridgehead atoms. The second-order valence-corrected chi connectivity index (χ2v) is 4.73. The van der Waals surface area contributed by atoms with Crippen LogP contribution < -0.4 is 5.32 Å². The first-order valence-electron chi connectivity index (χ1n) is 6.38. The highest BCUT2D eigenvalue weighted by Gasteiger charge is 2.16. The molecule has 1 saturated heterocycles. The predicted molar refractivity (Wildman–Crippen MR) is 68.3 cm³/mol. The lowest BCUT2D eigenvalue weighted by Crippen LogP contribution is -2.18. The summed E-state index contributed by atoms with van der Waals surface area (Å²) < 4.78 is 18.4. The van der Waals surface area contributed by atoms with Gasteiger partial charge in [-0.05, 0) is 37.4 Å². The van der Waals surface area contributed by atoms with Crippen LogP contribution in [0.15, 0.2) is 18.2 Å². The number of nitro benzene ring substituents is 1. The lowest BCUT2D eigenvalue weighted by atomic mass is 10.1. The number of nitro groups is 1. The van der Waals surface area contributed by atoms with E-state index in [0.29, 0.717) is 18.0 Å². The highest BCUT2D eigenvalue weighted by Crippen LogP contribution is 2.19. The summed E-state index contributed by atoms with van der Waals surface area (Å²) in [4.78, 5) is 10.3. The van der Waals surface area contributed by atoms with E-state index in [0.717, 1.165) is 38.7 Å². The molecular formula is C13H17FN2O3. The number of nitrogens with zero attached hydrogens (tertiary/aromatic N) is 1. The quantitative estimate of drug-likeness (QED) is 0.488. The lowest BCUT2D eigenvalue weighted by Gasteiger charge is -2.09. The van der Waals surface area contributed by atoms with Gasteiger partial charge in [0.15, 0.2) is 0 Å². The molecule has 1 atom stereocenters. The van der Waals surface area contributed by atoms with Crippen LogP contribution in [-0.4, -0.2) is 24.7 Å². The average Bonchev–Trinajstić information content (AvgIpc) is 2.87. The maximum Gasteiger partial charge on any atom is 0.274 e. The van der Waals surface area contributed by atoms with Gasteiger partial charge in [0, 0.05) is 31.4 Å². The van der Waals surface area contributed by atoms with E-state index in [2.05, 4.69) is 5.32 Å². The van der Waals surface area contributed by atoms with E-state index in [-0.39, 0.29) is 5.69 Å². The van der Waals surface area contributed by atoms with Crippen LogP contribution >= 0.6 is 0 Å². The smallest absolute Gasteiger partial charge is 0.274 e. The van der Waals surface area contributed by atoms with Crippen LogP contribution in [0.5, 0.6) is 0 Å². The first-order chi connectivity index (χ1) is 9.16. The van der Waals surface area contributed by atoms with Crippen molar-refractivity contribution in [2.24, 2.45) is 5.92 Å². The molecule has 1 aliphatic rings. The van der Waals surface area contributed by atoms with Gasteiger partial charge < -0.3 is 10.1 Å². The standard InChI is InChI=1S/C13H17FN2O3/c14-12-1-2-13(16(17)18)11(7-12)8-15-5-3-10-4-6-19-9-10/h1-2,7,10,15H,3-6,8-9H2. The number of benzene rings is 1. The number of rotatable bonds is 6. The third-order valence-corrected chi connectivity index (χ3v) is 3.31. The molecule has 1 fully saturated rings. The van der Waals surface area contributed by atoms with E-state index in [1.165, 1.54) is 12.1 Å². The normalized spacial score (nSPS) is 18.7. The van der Waals surface area contributed by atoms with Gasteiger partial charge in [-0.25, -0.2) is 4.39 Å². The molecule has 0 saturated carbocycles. The van der Waals surface area contributed by atoms with E-state index < -0.39 is 10.7 Å². The van der Waals surface area contributed by atoms with Gasteiger partial charge in [0.05, 0.1) is 4.92 Å². The molecule has 0 aliphatic carbocycles. The van der Waals surface area contributed by atoms with Crippen molar-refractivity contribution in [3.8, 4) is 0 Å². The molecule has 0 amide bonds. The minimum atomic E-state index is -0.485. The van der Waals surface area contributed by atoms with E-state index in [1.54, 1.807) is 0 Å². The molecule has 5 nitrogen and oxygen atoms in total. The van der Waals surface area contributed by atoms with Crippen LogP contribution in [0.25, 0.3) is 0 Å². The summed E-state index contributed by atoms with van der Waals surface area (Å²) in [5, 5.41) is 13.9. The van der Waals surface area contributed by atoms with Gasteiger partial charge in [-0.2, -0.15) is 0 Å².